The molecule has 96 valence electrons. The lowest BCUT2D eigenvalue weighted by molar-refractivity contribution is 0.0856. The fourth-order valence-corrected chi connectivity index (χ4v) is 1.49. The third-order valence-electron chi connectivity index (χ3n) is 2.11. The molecule has 0 unspecified atom stereocenters. The highest BCUT2D eigenvalue weighted by Gasteiger charge is 2.12. The highest BCUT2D eigenvalue weighted by atomic mass is 35.5. The summed E-state index contributed by atoms with van der Waals surface area (Å²) >= 11 is 5.51. The molecular formula is C8H8ClN5O4. The summed E-state index contributed by atoms with van der Waals surface area (Å²) in [5.74, 6) is 0.219. The molecule has 2 aromatic heterocycles. The number of alkyl halides is 1. The summed E-state index contributed by atoms with van der Waals surface area (Å²) in [6.07, 6.45) is -0.114. The van der Waals surface area contributed by atoms with Crippen LogP contribution in [0.15, 0.2) is 11.0 Å². The quantitative estimate of drug-likeness (QED) is 0.602. The molecule has 10 heteroatoms. The molecule has 0 amide bonds. The average Bonchev–Trinajstić information content (AvgIpc) is 2.74. The lowest BCUT2D eigenvalue weighted by Gasteiger charge is -2.01. The van der Waals surface area contributed by atoms with Gasteiger partial charge in [-0.3, -0.25) is 0 Å². The molecule has 9 nitrogen and oxygen atoms in total. The van der Waals surface area contributed by atoms with E-state index < -0.39 is 11.8 Å². The van der Waals surface area contributed by atoms with Crippen molar-refractivity contribution in [3.8, 4) is 0 Å². The second kappa shape index (κ2) is 5.00. The standard InChI is InChI=1S/C8H8ClN5O4/c9-1-2-13-7(15)14-6(11-12-13)5(3-10-14)4-18-8(16)17/h3H,1-2,4H2,(H,16,17). The number of aromatic nitrogens is 5. The number of hydrogen-bond acceptors (Lipinski definition) is 6. The molecule has 2 rings (SSSR count). The molecule has 0 aliphatic heterocycles. The van der Waals surface area contributed by atoms with E-state index >= 15 is 0 Å². The third-order valence-corrected chi connectivity index (χ3v) is 2.28. The van der Waals surface area contributed by atoms with E-state index in [0.29, 0.717) is 5.56 Å². The zero-order valence-corrected chi connectivity index (χ0v) is 9.74. The number of carbonyl (C=O) groups is 1. The Bertz CT molecular complexity index is 636. The van der Waals surface area contributed by atoms with Crippen molar-refractivity contribution in [2.75, 3.05) is 5.88 Å². The van der Waals surface area contributed by atoms with Crippen molar-refractivity contribution in [1.29, 1.82) is 0 Å². The number of nitrogens with zero attached hydrogens (tertiary/aromatic N) is 5. The lowest BCUT2D eigenvalue weighted by atomic mass is 10.4. The summed E-state index contributed by atoms with van der Waals surface area (Å²) in [6, 6.07) is 0. The smallest absolute Gasteiger partial charge is 0.450 e. The van der Waals surface area contributed by atoms with Crippen LogP contribution in [0.5, 0.6) is 0 Å². The van der Waals surface area contributed by atoms with Crippen LogP contribution in [0.25, 0.3) is 5.65 Å². The van der Waals surface area contributed by atoms with E-state index in [1.54, 1.807) is 0 Å². The summed E-state index contributed by atoms with van der Waals surface area (Å²) in [5.41, 5.74) is 0.0225. The molecule has 1 N–H and O–H groups in total. The monoisotopic (exact) mass is 273 g/mol. The van der Waals surface area contributed by atoms with Crippen LogP contribution in [-0.2, 0) is 17.9 Å². The maximum atomic E-state index is 11.8. The predicted molar refractivity (Wildman–Crippen MR) is 58.6 cm³/mol. The summed E-state index contributed by atoms with van der Waals surface area (Å²) < 4.78 is 6.46. The second-order valence-corrected chi connectivity index (χ2v) is 3.62. The Kier molecular flexibility index (Phi) is 3.42. The topological polar surface area (TPSA) is 112 Å². The summed E-state index contributed by atoms with van der Waals surface area (Å²) in [5, 5.41) is 19.6. The van der Waals surface area contributed by atoms with Crippen molar-refractivity contribution in [1.82, 2.24) is 24.6 Å². The van der Waals surface area contributed by atoms with Gasteiger partial charge in [-0.05, 0) is 0 Å². The van der Waals surface area contributed by atoms with Crippen LogP contribution >= 0.6 is 11.6 Å². The number of aryl methyl sites for hydroxylation is 1. The first-order valence-corrected chi connectivity index (χ1v) is 5.39. The molecule has 0 saturated heterocycles. The number of rotatable bonds is 4. The van der Waals surface area contributed by atoms with Gasteiger partial charge >= 0.3 is 11.8 Å². The molecule has 18 heavy (non-hydrogen) atoms. The normalized spacial score (nSPS) is 10.7. The summed E-state index contributed by atoms with van der Waals surface area (Å²) in [7, 11) is 0. The van der Waals surface area contributed by atoms with Gasteiger partial charge in [-0.1, -0.05) is 5.21 Å². The van der Waals surface area contributed by atoms with E-state index in [9.17, 15) is 9.59 Å². The molecule has 0 radical (unpaired) electrons. The van der Waals surface area contributed by atoms with E-state index in [0.717, 1.165) is 9.20 Å². The number of ether oxygens (including phenoxy) is 1. The van der Waals surface area contributed by atoms with Gasteiger partial charge in [-0.15, -0.1) is 16.7 Å². The molecule has 0 bridgehead atoms. The van der Waals surface area contributed by atoms with Gasteiger partial charge in [-0.25, -0.2) is 9.59 Å². The zero-order valence-electron chi connectivity index (χ0n) is 8.98. The SMILES string of the molecule is O=C(O)OCc1cnn2c(=O)n(CCCl)nnc12. The first-order valence-electron chi connectivity index (χ1n) is 4.85. The summed E-state index contributed by atoms with van der Waals surface area (Å²) in [6.45, 7) is -0.0311. The van der Waals surface area contributed by atoms with Crippen molar-refractivity contribution in [2.45, 2.75) is 13.2 Å². The number of hydrogen-bond donors (Lipinski definition) is 1. The van der Waals surface area contributed by atoms with Crippen LogP contribution < -0.4 is 5.69 Å². The number of halogens is 1. The van der Waals surface area contributed by atoms with Crippen molar-refractivity contribution < 1.29 is 14.6 Å². The van der Waals surface area contributed by atoms with Crippen LogP contribution in [-0.4, -0.2) is 41.7 Å². The third kappa shape index (κ3) is 2.25. The van der Waals surface area contributed by atoms with Crippen molar-refractivity contribution >= 4 is 23.4 Å². The number of fused-ring (bicyclic) bond motifs is 1. The Labute approximate surface area is 105 Å². The highest BCUT2D eigenvalue weighted by Crippen LogP contribution is 2.05. The predicted octanol–water partition coefficient (Wildman–Crippen LogP) is -0.281. The second-order valence-electron chi connectivity index (χ2n) is 3.24. The van der Waals surface area contributed by atoms with Crippen LogP contribution in [0, 0.1) is 0 Å². The maximum Gasteiger partial charge on any atom is 0.506 e. The molecule has 2 aromatic rings. The molecule has 0 fully saturated rings. The fraction of sp³-hybridized carbons (Fsp3) is 0.375. The van der Waals surface area contributed by atoms with E-state index in [1.165, 1.54) is 6.20 Å². The molecule has 2 heterocycles. The first kappa shape index (κ1) is 12.3. The minimum Gasteiger partial charge on any atom is -0.450 e. The molecule has 0 aromatic carbocycles. The molecule has 0 atom stereocenters. The Hall–Kier alpha value is -2.16. The van der Waals surface area contributed by atoms with Gasteiger partial charge in [0.2, 0.25) is 0 Å². The molecular weight excluding hydrogens is 266 g/mol. The van der Waals surface area contributed by atoms with E-state index in [1.807, 2.05) is 0 Å². The van der Waals surface area contributed by atoms with Crippen LogP contribution in [0.4, 0.5) is 4.79 Å². The van der Waals surface area contributed by atoms with Crippen LogP contribution in [0.2, 0.25) is 0 Å². The van der Waals surface area contributed by atoms with Gasteiger partial charge in [0.1, 0.15) is 6.61 Å². The highest BCUT2D eigenvalue weighted by molar-refractivity contribution is 6.17. The zero-order chi connectivity index (χ0) is 13.1. The molecule has 0 saturated carbocycles. The first-order chi connectivity index (χ1) is 8.63. The molecule has 0 aliphatic rings. The van der Waals surface area contributed by atoms with Gasteiger partial charge in [-0.2, -0.15) is 14.3 Å². The van der Waals surface area contributed by atoms with Crippen molar-refractivity contribution in [3.05, 3.63) is 22.2 Å². The molecule has 0 spiro atoms. The Morgan fingerprint density at radius 3 is 3.00 bits per heavy atom. The van der Waals surface area contributed by atoms with Gasteiger partial charge in [0, 0.05) is 5.88 Å². The van der Waals surface area contributed by atoms with E-state index in [2.05, 4.69) is 20.1 Å². The Balaban J connectivity index is 2.40. The molecule has 0 aliphatic carbocycles. The van der Waals surface area contributed by atoms with Gasteiger partial charge in [0.15, 0.2) is 5.65 Å². The van der Waals surface area contributed by atoms with Crippen molar-refractivity contribution in [2.24, 2.45) is 0 Å². The Morgan fingerprint density at radius 1 is 1.56 bits per heavy atom. The van der Waals surface area contributed by atoms with Gasteiger partial charge in [0.25, 0.3) is 0 Å². The van der Waals surface area contributed by atoms with Crippen LogP contribution in [0.3, 0.4) is 0 Å². The van der Waals surface area contributed by atoms with Gasteiger partial charge in [0.05, 0.1) is 18.3 Å². The van der Waals surface area contributed by atoms with E-state index in [4.69, 9.17) is 16.7 Å². The van der Waals surface area contributed by atoms with Crippen LogP contribution in [0.1, 0.15) is 5.56 Å². The maximum absolute atomic E-state index is 11.8. The van der Waals surface area contributed by atoms with Crippen molar-refractivity contribution in [3.63, 3.8) is 0 Å². The summed E-state index contributed by atoms with van der Waals surface area (Å²) in [4.78, 5) is 22.1. The largest absolute Gasteiger partial charge is 0.506 e. The average molecular weight is 274 g/mol. The lowest BCUT2D eigenvalue weighted by Crippen LogP contribution is -2.31. The Morgan fingerprint density at radius 2 is 2.33 bits per heavy atom. The van der Waals surface area contributed by atoms with E-state index in [-0.39, 0.29) is 24.7 Å². The van der Waals surface area contributed by atoms with Gasteiger partial charge < -0.3 is 9.84 Å². The number of carboxylic acid groups (broad SMARTS) is 1. The fourth-order valence-electron chi connectivity index (χ4n) is 1.33. The minimum absolute atomic E-state index is 0.159. The minimum atomic E-state index is -1.42.